The van der Waals surface area contributed by atoms with E-state index in [0.717, 1.165) is 81.1 Å². The molecule has 11 rings (SSSR count). The Bertz CT molecular complexity index is 3500. The molecule has 0 bridgehead atoms. The number of hydrogen-bond donors (Lipinski definition) is 0. The number of para-hydroxylation sites is 1. The van der Waals surface area contributed by atoms with Gasteiger partial charge in [-0.1, -0.05) is 152 Å². The zero-order valence-corrected chi connectivity index (χ0v) is 30.5. The third kappa shape index (κ3) is 5.65. The van der Waals surface area contributed by atoms with Crippen LogP contribution in [0.1, 0.15) is 6.85 Å². The highest BCUT2D eigenvalue weighted by molar-refractivity contribution is 7.26. The van der Waals surface area contributed by atoms with Gasteiger partial charge in [-0.25, -0.2) is 15.0 Å². The molecular weight excluding hydrogens is 703 g/mol. The fourth-order valence-corrected chi connectivity index (χ4v) is 8.59. The summed E-state index contributed by atoms with van der Waals surface area (Å²) in [6, 6.07) is 51.4. The van der Waals surface area contributed by atoms with E-state index in [0.29, 0.717) is 23.0 Å². The lowest BCUT2D eigenvalue weighted by molar-refractivity contribution is 0.669. The second kappa shape index (κ2) is 13.3. The molecule has 0 unspecified atom stereocenters. The molecule has 0 fully saturated rings. The van der Waals surface area contributed by atoms with E-state index in [2.05, 4.69) is 78.9 Å². The van der Waals surface area contributed by atoms with Crippen molar-refractivity contribution in [1.82, 2.24) is 15.0 Å². The van der Waals surface area contributed by atoms with Crippen LogP contribution in [0, 0.1) is 0 Å². The van der Waals surface area contributed by atoms with Gasteiger partial charge in [0.05, 0.1) is 6.85 Å². The van der Waals surface area contributed by atoms with E-state index in [1.165, 1.54) is 0 Å². The van der Waals surface area contributed by atoms with Crippen molar-refractivity contribution in [3.63, 3.8) is 0 Å². The summed E-state index contributed by atoms with van der Waals surface area (Å²) in [5.41, 5.74) is 9.13. The second-order valence-corrected chi connectivity index (χ2v) is 14.7. The van der Waals surface area contributed by atoms with Crippen LogP contribution in [0.4, 0.5) is 0 Å². The average molecular weight is 739 g/mol. The monoisotopic (exact) mass is 738 g/mol. The van der Waals surface area contributed by atoms with Crippen molar-refractivity contribution < 1.29 is 11.3 Å². The number of hydrogen-bond acceptors (Lipinski definition) is 5. The molecule has 3 heterocycles. The minimum Gasteiger partial charge on any atom is -0.456 e. The van der Waals surface area contributed by atoms with Crippen molar-refractivity contribution in [2.75, 3.05) is 0 Å². The summed E-state index contributed by atoms with van der Waals surface area (Å²) in [5.74, 6) is 1.74. The molecule has 262 valence electrons. The van der Waals surface area contributed by atoms with E-state index in [1.54, 1.807) is 11.3 Å². The molecule has 0 aliphatic carbocycles. The summed E-state index contributed by atoms with van der Waals surface area (Å²) in [6.07, 6.45) is 0. The molecule has 3 aromatic heterocycles. The van der Waals surface area contributed by atoms with Crippen LogP contribution in [0.3, 0.4) is 0 Å². The van der Waals surface area contributed by atoms with Gasteiger partial charge in [-0.3, -0.25) is 0 Å². The number of nitrogens with zero attached hydrogens (tertiary/aromatic N) is 3. The first-order chi connectivity index (χ1) is 29.8. The Balaban J connectivity index is 0.973. The van der Waals surface area contributed by atoms with Crippen LogP contribution in [0.15, 0.2) is 192 Å². The number of furan rings is 1. The zero-order chi connectivity index (χ0) is 41.4. The molecule has 0 aliphatic rings. The number of benzene rings is 8. The van der Waals surface area contributed by atoms with Crippen molar-refractivity contribution in [2.45, 2.75) is 0 Å². The van der Waals surface area contributed by atoms with Crippen LogP contribution in [0.25, 0.3) is 110 Å². The van der Waals surface area contributed by atoms with E-state index < -0.39 is 6.04 Å². The predicted molar refractivity (Wildman–Crippen MR) is 233 cm³/mol. The van der Waals surface area contributed by atoms with E-state index in [9.17, 15) is 0 Å². The molecule has 8 aromatic carbocycles. The third-order valence-corrected chi connectivity index (χ3v) is 11.4. The quantitative estimate of drug-likeness (QED) is 0.170. The highest BCUT2D eigenvalue weighted by atomic mass is 32.1. The van der Waals surface area contributed by atoms with Crippen molar-refractivity contribution in [3.05, 3.63) is 188 Å². The normalized spacial score (nSPS) is 12.8. The Morgan fingerprint density at radius 3 is 1.77 bits per heavy atom. The minimum absolute atomic E-state index is 0.195. The molecular formula is C51H31N3OS. The molecule has 0 aliphatic heterocycles. The van der Waals surface area contributed by atoms with Gasteiger partial charge >= 0.3 is 0 Å². The summed E-state index contributed by atoms with van der Waals surface area (Å²) in [7, 11) is 0. The Morgan fingerprint density at radius 1 is 0.393 bits per heavy atom. The second-order valence-electron chi connectivity index (χ2n) is 13.6. The van der Waals surface area contributed by atoms with E-state index in [4.69, 9.17) is 26.2 Å². The molecule has 0 N–H and O–H groups in total. The first-order valence-electron chi connectivity index (χ1n) is 20.8. The lowest BCUT2D eigenvalue weighted by atomic mass is 9.97. The van der Waals surface area contributed by atoms with E-state index in [-0.39, 0.29) is 29.7 Å². The Hall–Kier alpha value is -7.21. The fraction of sp³-hybridized carbons (Fsp3) is 0. The van der Waals surface area contributed by atoms with Crippen molar-refractivity contribution in [2.24, 2.45) is 0 Å². The van der Waals surface area contributed by atoms with Crippen LogP contribution in [0.5, 0.6) is 0 Å². The van der Waals surface area contributed by atoms with Crippen molar-refractivity contribution in [1.29, 1.82) is 0 Å². The molecule has 11 aromatic rings. The topological polar surface area (TPSA) is 51.8 Å². The Labute approximate surface area is 334 Å². The first kappa shape index (κ1) is 27.4. The Kier molecular flexibility index (Phi) is 6.49. The number of aromatic nitrogens is 3. The molecule has 56 heavy (non-hydrogen) atoms. The van der Waals surface area contributed by atoms with Gasteiger partial charge in [-0.05, 0) is 69.8 Å². The van der Waals surface area contributed by atoms with Crippen molar-refractivity contribution in [3.8, 4) is 67.5 Å². The number of thiophene rings is 1. The van der Waals surface area contributed by atoms with Gasteiger partial charge in [0.1, 0.15) is 11.2 Å². The number of fused-ring (bicyclic) bond motifs is 6. The fourth-order valence-electron chi connectivity index (χ4n) is 7.48. The SMILES string of the molecule is [2H]c1c([2H])c([2H])c(-c2ccc(-c3ccc(-c4ccc5sc6cccc(-c7nc(-c8ccccc8)nc(-c8ccc9c(c8)oc8ccccc89)n7)c6c5c4)cc3)cc2)c([2H])c1[2H]. The molecule has 0 amide bonds. The first-order valence-corrected chi connectivity index (χ1v) is 19.1. The minimum atomic E-state index is -0.398. The Morgan fingerprint density at radius 2 is 1.00 bits per heavy atom. The molecule has 4 nitrogen and oxygen atoms in total. The van der Waals surface area contributed by atoms with Gasteiger partial charge in [0, 0.05) is 47.6 Å². The molecule has 0 radical (unpaired) electrons. The van der Waals surface area contributed by atoms with Crippen LogP contribution >= 0.6 is 11.3 Å². The number of rotatable bonds is 6. The smallest absolute Gasteiger partial charge is 0.164 e. The maximum Gasteiger partial charge on any atom is 0.164 e. The molecule has 5 heteroatoms. The highest BCUT2D eigenvalue weighted by Gasteiger charge is 2.18. The molecule has 0 atom stereocenters. The maximum absolute atomic E-state index is 8.37. The standard InChI is InChI=1S/C51H31N3OS/c1-3-10-32(11-4-1)33-18-20-34(21-19-33)35-22-24-36(25-23-35)38-27-29-46-43(30-38)48-42(15-9-17-47(48)56-46)51-53-49(37-12-5-2-6-13-37)52-50(54-51)39-26-28-41-40-14-7-8-16-44(40)55-45(41)31-39/h1-31H/i1D,3D,4D,10D,11D. The van der Waals surface area contributed by atoms with E-state index >= 15 is 0 Å². The lowest BCUT2D eigenvalue weighted by Crippen LogP contribution is -2.00. The van der Waals surface area contributed by atoms with Crippen LogP contribution in [0.2, 0.25) is 0 Å². The van der Waals surface area contributed by atoms with Crippen LogP contribution in [-0.4, -0.2) is 15.0 Å². The van der Waals surface area contributed by atoms with Gasteiger partial charge in [0.2, 0.25) is 0 Å². The lowest BCUT2D eigenvalue weighted by Gasteiger charge is -2.10. The van der Waals surface area contributed by atoms with E-state index in [1.807, 2.05) is 78.9 Å². The zero-order valence-electron chi connectivity index (χ0n) is 34.7. The average Bonchev–Trinajstić information content (AvgIpc) is 3.88. The summed E-state index contributed by atoms with van der Waals surface area (Å²) >= 11 is 1.74. The highest BCUT2D eigenvalue weighted by Crippen LogP contribution is 2.42. The summed E-state index contributed by atoms with van der Waals surface area (Å²) in [4.78, 5) is 15.3. The largest absolute Gasteiger partial charge is 0.456 e. The molecule has 0 saturated heterocycles. The maximum atomic E-state index is 8.37. The van der Waals surface area contributed by atoms with Crippen molar-refractivity contribution >= 4 is 53.4 Å². The van der Waals surface area contributed by atoms with Gasteiger partial charge in [0.25, 0.3) is 0 Å². The predicted octanol–water partition coefficient (Wildman–Crippen LogP) is 14.1. The summed E-state index contributed by atoms with van der Waals surface area (Å²) < 4.78 is 49.4. The van der Waals surface area contributed by atoms with Crippen LogP contribution in [-0.2, 0) is 0 Å². The summed E-state index contributed by atoms with van der Waals surface area (Å²) in [6.45, 7) is 0. The third-order valence-electron chi connectivity index (χ3n) is 10.3. The van der Waals surface area contributed by atoms with Crippen LogP contribution < -0.4 is 0 Å². The van der Waals surface area contributed by atoms with Gasteiger partial charge in [-0.2, -0.15) is 0 Å². The van der Waals surface area contributed by atoms with Gasteiger partial charge < -0.3 is 4.42 Å². The summed E-state index contributed by atoms with van der Waals surface area (Å²) in [5, 5.41) is 4.32. The van der Waals surface area contributed by atoms with Gasteiger partial charge in [0.15, 0.2) is 17.5 Å². The molecule has 0 saturated carbocycles. The van der Waals surface area contributed by atoms with Gasteiger partial charge in [-0.15, -0.1) is 11.3 Å². The molecule has 0 spiro atoms.